The van der Waals surface area contributed by atoms with Gasteiger partial charge in [-0.15, -0.1) is 0 Å². The van der Waals surface area contributed by atoms with Crippen LogP contribution in [0.1, 0.15) is 32.1 Å². The molecule has 1 aliphatic carbocycles. The Morgan fingerprint density at radius 3 is 2.33 bits per heavy atom. The Morgan fingerprint density at radius 1 is 1.25 bits per heavy atom. The van der Waals surface area contributed by atoms with Gasteiger partial charge in [-0.05, 0) is 25.7 Å². The quantitative estimate of drug-likeness (QED) is 0.547. The zero-order valence-electron chi connectivity index (χ0n) is 7.97. The third-order valence-corrected chi connectivity index (χ3v) is 2.26. The van der Waals surface area contributed by atoms with Crippen molar-refractivity contribution in [1.82, 2.24) is 4.90 Å². The lowest BCUT2D eigenvalue weighted by molar-refractivity contribution is -0.123. The van der Waals surface area contributed by atoms with Crippen LogP contribution in [0.3, 0.4) is 0 Å². The fourth-order valence-corrected chi connectivity index (χ4v) is 1.45. The highest BCUT2D eigenvalue weighted by Crippen LogP contribution is 2.22. The van der Waals surface area contributed by atoms with Gasteiger partial charge in [-0.25, -0.2) is 0 Å². The minimum absolute atomic E-state index is 0.131. The van der Waals surface area contributed by atoms with E-state index < -0.39 is 0 Å². The lowest BCUT2D eigenvalue weighted by Crippen LogP contribution is -2.19. The van der Waals surface area contributed by atoms with Crippen LogP contribution in [-0.2, 0) is 4.79 Å². The molecule has 68 valence electrons. The maximum atomic E-state index is 11.3. The molecule has 0 aliphatic heterocycles. The largest absolute Gasteiger partial charge is 0.345 e. The topological polar surface area (TPSA) is 20.3 Å². The van der Waals surface area contributed by atoms with Gasteiger partial charge in [0.15, 0.2) is 0 Å². The SMILES string of the molecule is CN(C)C(=O)C=C1CCCCC1. The molecule has 0 bridgehead atoms. The van der Waals surface area contributed by atoms with Crippen molar-refractivity contribution in [1.29, 1.82) is 0 Å². The minimum Gasteiger partial charge on any atom is -0.345 e. The van der Waals surface area contributed by atoms with E-state index in [4.69, 9.17) is 0 Å². The monoisotopic (exact) mass is 167 g/mol. The van der Waals surface area contributed by atoms with Gasteiger partial charge in [0.25, 0.3) is 0 Å². The van der Waals surface area contributed by atoms with Crippen molar-refractivity contribution in [2.45, 2.75) is 32.1 Å². The van der Waals surface area contributed by atoms with E-state index >= 15 is 0 Å². The normalized spacial score (nSPS) is 17.3. The molecule has 0 spiro atoms. The Morgan fingerprint density at radius 2 is 1.83 bits per heavy atom. The van der Waals surface area contributed by atoms with Crippen LogP contribution in [0.25, 0.3) is 0 Å². The maximum absolute atomic E-state index is 11.3. The third kappa shape index (κ3) is 2.68. The summed E-state index contributed by atoms with van der Waals surface area (Å²) in [6, 6.07) is 0. The Labute approximate surface area is 74.2 Å². The molecule has 12 heavy (non-hydrogen) atoms. The molecule has 0 aromatic rings. The van der Waals surface area contributed by atoms with Crippen LogP contribution in [0, 0.1) is 0 Å². The molecule has 0 heterocycles. The molecule has 1 rings (SSSR count). The standard InChI is InChI=1S/C10H17NO/c1-11(2)10(12)8-9-6-4-3-5-7-9/h8H,3-7H2,1-2H3. The first-order valence-corrected chi connectivity index (χ1v) is 4.61. The predicted molar refractivity (Wildman–Crippen MR) is 49.9 cm³/mol. The highest BCUT2D eigenvalue weighted by Gasteiger charge is 2.07. The van der Waals surface area contributed by atoms with E-state index in [9.17, 15) is 4.79 Å². The fraction of sp³-hybridized carbons (Fsp3) is 0.700. The third-order valence-electron chi connectivity index (χ3n) is 2.26. The number of hydrogen-bond acceptors (Lipinski definition) is 1. The maximum Gasteiger partial charge on any atom is 0.245 e. The van der Waals surface area contributed by atoms with Crippen LogP contribution in [-0.4, -0.2) is 24.9 Å². The summed E-state index contributed by atoms with van der Waals surface area (Å²) in [4.78, 5) is 12.9. The second kappa shape index (κ2) is 4.29. The Bertz CT molecular complexity index is 186. The molecule has 0 radical (unpaired) electrons. The summed E-state index contributed by atoms with van der Waals surface area (Å²) < 4.78 is 0. The molecule has 0 unspecified atom stereocenters. The highest BCUT2D eigenvalue weighted by molar-refractivity contribution is 5.87. The van der Waals surface area contributed by atoms with Crippen LogP contribution in [0.4, 0.5) is 0 Å². The number of likely N-dealkylation sites (N-methyl/N-ethyl adjacent to an activating group) is 1. The summed E-state index contributed by atoms with van der Waals surface area (Å²) in [5, 5.41) is 0. The first-order chi connectivity index (χ1) is 5.70. The first kappa shape index (κ1) is 9.30. The van der Waals surface area contributed by atoms with E-state index in [0.717, 1.165) is 12.8 Å². The summed E-state index contributed by atoms with van der Waals surface area (Å²) in [5.74, 6) is 0.131. The van der Waals surface area contributed by atoms with Crippen molar-refractivity contribution in [3.05, 3.63) is 11.6 Å². The van der Waals surface area contributed by atoms with E-state index in [1.165, 1.54) is 24.8 Å². The molecule has 2 heteroatoms. The van der Waals surface area contributed by atoms with Gasteiger partial charge in [0.05, 0.1) is 0 Å². The minimum atomic E-state index is 0.131. The van der Waals surface area contributed by atoms with Gasteiger partial charge in [-0.2, -0.15) is 0 Å². The Balaban J connectivity index is 2.48. The number of allylic oxidation sites excluding steroid dienone is 1. The Hall–Kier alpha value is -0.790. The van der Waals surface area contributed by atoms with Crippen molar-refractivity contribution < 1.29 is 4.79 Å². The van der Waals surface area contributed by atoms with E-state index in [1.807, 2.05) is 0 Å². The second-order valence-corrected chi connectivity index (χ2v) is 3.60. The molecule has 2 nitrogen and oxygen atoms in total. The molecule has 1 saturated carbocycles. The number of rotatable bonds is 1. The smallest absolute Gasteiger partial charge is 0.245 e. The van der Waals surface area contributed by atoms with Crippen LogP contribution in [0.5, 0.6) is 0 Å². The van der Waals surface area contributed by atoms with Gasteiger partial charge in [0.2, 0.25) is 5.91 Å². The number of amides is 1. The molecule has 1 aliphatic rings. The van der Waals surface area contributed by atoms with Crippen molar-refractivity contribution in [2.24, 2.45) is 0 Å². The van der Waals surface area contributed by atoms with E-state index in [2.05, 4.69) is 0 Å². The molecule has 0 N–H and O–H groups in total. The molecular formula is C10H17NO. The number of carbonyl (C=O) groups excluding carboxylic acids is 1. The number of hydrogen-bond donors (Lipinski definition) is 0. The van der Waals surface area contributed by atoms with Crippen LogP contribution in [0.2, 0.25) is 0 Å². The molecule has 1 fully saturated rings. The Kier molecular flexibility index (Phi) is 3.32. The average molecular weight is 167 g/mol. The van der Waals surface area contributed by atoms with Crippen molar-refractivity contribution in [3.63, 3.8) is 0 Å². The predicted octanol–water partition coefficient (Wildman–Crippen LogP) is 1.97. The molecule has 1 amide bonds. The molecule has 0 atom stereocenters. The fourth-order valence-electron chi connectivity index (χ4n) is 1.45. The van der Waals surface area contributed by atoms with Gasteiger partial charge in [-0.1, -0.05) is 12.0 Å². The van der Waals surface area contributed by atoms with Gasteiger partial charge >= 0.3 is 0 Å². The summed E-state index contributed by atoms with van der Waals surface area (Å²) in [6.07, 6.45) is 7.89. The van der Waals surface area contributed by atoms with Crippen LogP contribution >= 0.6 is 0 Å². The first-order valence-electron chi connectivity index (χ1n) is 4.61. The summed E-state index contributed by atoms with van der Waals surface area (Å²) >= 11 is 0. The van der Waals surface area contributed by atoms with Crippen molar-refractivity contribution >= 4 is 5.91 Å². The molecular weight excluding hydrogens is 150 g/mol. The average Bonchev–Trinajstić information content (AvgIpc) is 2.06. The molecule has 0 aromatic carbocycles. The highest BCUT2D eigenvalue weighted by atomic mass is 16.2. The lowest BCUT2D eigenvalue weighted by atomic mass is 9.94. The van der Waals surface area contributed by atoms with E-state index in [0.29, 0.717) is 0 Å². The summed E-state index contributed by atoms with van der Waals surface area (Å²) in [5.41, 5.74) is 1.33. The van der Waals surface area contributed by atoms with Crippen molar-refractivity contribution in [3.8, 4) is 0 Å². The lowest BCUT2D eigenvalue weighted by Gasteiger charge is -2.14. The van der Waals surface area contributed by atoms with Crippen LogP contribution < -0.4 is 0 Å². The summed E-state index contributed by atoms with van der Waals surface area (Å²) in [7, 11) is 3.59. The second-order valence-electron chi connectivity index (χ2n) is 3.60. The van der Waals surface area contributed by atoms with E-state index in [1.54, 1.807) is 25.1 Å². The summed E-state index contributed by atoms with van der Waals surface area (Å²) in [6.45, 7) is 0. The van der Waals surface area contributed by atoms with Gasteiger partial charge in [-0.3, -0.25) is 4.79 Å². The number of nitrogens with zero attached hydrogens (tertiary/aromatic N) is 1. The molecule has 0 aromatic heterocycles. The van der Waals surface area contributed by atoms with E-state index in [-0.39, 0.29) is 5.91 Å². The van der Waals surface area contributed by atoms with Crippen LogP contribution in [0.15, 0.2) is 11.6 Å². The van der Waals surface area contributed by atoms with Gasteiger partial charge in [0.1, 0.15) is 0 Å². The van der Waals surface area contributed by atoms with Gasteiger partial charge < -0.3 is 4.90 Å². The number of carbonyl (C=O) groups is 1. The van der Waals surface area contributed by atoms with Gasteiger partial charge in [0, 0.05) is 20.2 Å². The van der Waals surface area contributed by atoms with Crippen molar-refractivity contribution in [2.75, 3.05) is 14.1 Å². The molecule has 0 saturated heterocycles. The zero-order chi connectivity index (χ0) is 8.97. The zero-order valence-corrected chi connectivity index (χ0v) is 7.97.